The first-order valence-electron chi connectivity index (χ1n) is 20.8. The largest absolute Gasteiger partial charge is 0.481 e. The van der Waals surface area contributed by atoms with Gasteiger partial charge in [0.15, 0.2) is 0 Å². The number of hydrogen-bond acceptors (Lipinski definition) is 4. The van der Waals surface area contributed by atoms with Gasteiger partial charge >= 0.3 is 17.9 Å². The van der Waals surface area contributed by atoms with E-state index >= 15 is 0 Å². The van der Waals surface area contributed by atoms with Gasteiger partial charge in [0.2, 0.25) is 0 Å². The molecule has 0 atom stereocenters. The Hall–Kier alpha value is -1.65. The van der Waals surface area contributed by atoms with Crippen molar-refractivity contribution in [1.29, 1.82) is 0 Å². The molecule has 1 N–H and O–H groups in total. The number of carboxylic acids is 1. The van der Waals surface area contributed by atoms with Crippen molar-refractivity contribution >= 4 is 17.9 Å². The van der Waals surface area contributed by atoms with Crippen molar-refractivity contribution in [2.75, 3.05) is 0 Å². The van der Waals surface area contributed by atoms with E-state index < -0.39 is 17.9 Å². The van der Waals surface area contributed by atoms with Gasteiger partial charge in [0.1, 0.15) is 0 Å². The van der Waals surface area contributed by atoms with Gasteiger partial charge in [-0.3, -0.25) is 14.4 Å². The van der Waals surface area contributed by atoms with Crippen LogP contribution < -0.4 is 0 Å². The number of esters is 2. The highest BCUT2D eigenvalue weighted by Crippen LogP contribution is 2.14. The predicted molar refractivity (Wildman–Crippen MR) is 213 cm³/mol. The first kappa shape index (κ1) is 55.8. The molecule has 5 heteroatoms. The van der Waals surface area contributed by atoms with E-state index in [0.29, 0.717) is 6.42 Å². The maximum absolute atomic E-state index is 10.3. The number of unbranched alkanes of at least 4 members (excludes halogenated alkanes) is 27. The number of carbonyl (C=O) groups is 3. The van der Waals surface area contributed by atoms with Crippen LogP contribution in [0.25, 0.3) is 0 Å². The molecule has 0 radical (unpaired) electrons. The van der Waals surface area contributed by atoms with E-state index in [-0.39, 0.29) is 0 Å². The van der Waals surface area contributed by atoms with Gasteiger partial charge in [-0.25, -0.2) is 0 Å². The molecule has 0 saturated carbocycles. The SMILES string of the molecule is C=CCCCCCCCCCCCCCCC.CC.CC.CC(=O)OC(C)=O.CCCCCCCCCCCCCCCCCC(=O)O. The standard InChI is InChI=1S/C18H36O2.C17H34.C4H6O3.2C2H6/c1-2-3-4-5-6-7-8-9-10-11-12-13-14-15-16-17-18(19)20;1-3-5-7-9-11-13-15-17-16-14-12-10-8-6-4-2;1-3(5)7-4(2)6;2*1-2/h2-17H2,1H3,(H,19,20);3H,1,4-17H2,2H3;1-2H3;2*1-2H3. The molecular weight excluding hydrogens is 596 g/mol. The molecular formula is C43H88O5. The first-order chi connectivity index (χ1) is 23.3. The molecule has 0 unspecified atom stereocenters. The van der Waals surface area contributed by atoms with Gasteiger partial charge in [-0.1, -0.05) is 215 Å². The number of aliphatic carboxylic acids is 1. The minimum absolute atomic E-state index is 0.345. The fourth-order valence-corrected chi connectivity index (χ4v) is 5.16. The van der Waals surface area contributed by atoms with Crippen LogP contribution in [0.2, 0.25) is 0 Å². The summed E-state index contributed by atoms with van der Waals surface area (Å²) >= 11 is 0. The number of ether oxygens (including phenoxy) is 1. The lowest BCUT2D eigenvalue weighted by molar-refractivity contribution is -0.156. The Labute approximate surface area is 302 Å². The zero-order chi connectivity index (χ0) is 37.4. The first-order valence-corrected chi connectivity index (χ1v) is 20.8. The second-order valence-corrected chi connectivity index (χ2v) is 12.5. The predicted octanol–water partition coefficient (Wildman–Crippen LogP) is 15.1. The molecule has 0 aromatic heterocycles. The molecule has 0 amide bonds. The molecule has 0 spiro atoms. The van der Waals surface area contributed by atoms with Gasteiger partial charge in [-0.05, 0) is 19.3 Å². The van der Waals surface area contributed by atoms with Gasteiger partial charge in [0, 0.05) is 20.3 Å². The molecule has 0 aromatic carbocycles. The number of rotatable bonds is 30. The van der Waals surface area contributed by atoms with E-state index in [2.05, 4.69) is 25.2 Å². The summed E-state index contributed by atoms with van der Waals surface area (Å²) in [5.41, 5.74) is 0. The molecule has 290 valence electrons. The summed E-state index contributed by atoms with van der Waals surface area (Å²) in [6.45, 7) is 18.7. The van der Waals surface area contributed by atoms with E-state index in [4.69, 9.17) is 5.11 Å². The summed E-state index contributed by atoms with van der Waals surface area (Å²) in [4.78, 5) is 30.0. The zero-order valence-corrected chi connectivity index (χ0v) is 34.1. The van der Waals surface area contributed by atoms with Gasteiger partial charge in [0.05, 0.1) is 0 Å². The van der Waals surface area contributed by atoms with Gasteiger partial charge in [0.25, 0.3) is 0 Å². The average molecular weight is 685 g/mol. The third-order valence-corrected chi connectivity index (χ3v) is 7.79. The Bertz CT molecular complexity index is 590. The van der Waals surface area contributed by atoms with E-state index in [1.54, 1.807) is 0 Å². The number of carboxylic acid groups (broad SMARTS) is 1. The lowest BCUT2D eigenvalue weighted by Crippen LogP contribution is -2.03. The fourth-order valence-electron chi connectivity index (χ4n) is 5.16. The Morgan fingerprint density at radius 1 is 0.458 bits per heavy atom. The highest BCUT2D eigenvalue weighted by molar-refractivity contribution is 5.82. The summed E-state index contributed by atoms with van der Waals surface area (Å²) in [6.07, 6.45) is 42.2. The minimum atomic E-state index is -0.653. The van der Waals surface area contributed by atoms with Crippen molar-refractivity contribution in [3.05, 3.63) is 12.7 Å². The number of hydrogen-bond donors (Lipinski definition) is 1. The van der Waals surface area contributed by atoms with Gasteiger partial charge in [-0.15, -0.1) is 6.58 Å². The highest BCUT2D eigenvalue weighted by Gasteiger charge is 1.97. The van der Waals surface area contributed by atoms with Crippen LogP contribution in [-0.2, 0) is 19.1 Å². The van der Waals surface area contributed by atoms with E-state index in [9.17, 15) is 14.4 Å². The second-order valence-electron chi connectivity index (χ2n) is 12.5. The monoisotopic (exact) mass is 685 g/mol. The molecule has 0 bridgehead atoms. The van der Waals surface area contributed by atoms with E-state index in [1.807, 2.05) is 33.8 Å². The van der Waals surface area contributed by atoms with Crippen LogP contribution in [-0.4, -0.2) is 23.0 Å². The molecule has 0 aliphatic rings. The van der Waals surface area contributed by atoms with Crippen LogP contribution in [0.5, 0.6) is 0 Å². The molecule has 5 nitrogen and oxygen atoms in total. The van der Waals surface area contributed by atoms with Crippen molar-refractivity contribution in [1.82, 2.24) is 0 Å². The fraction of sp³-hybridized carbons (Fsp3) is 0.884. The summed E-state index contributed by atoms with van der Waals surface area (Å²) in [5, 5.41) is 8.52. The van der Waals surface area contributed by atoms with Crippen molar-refractivity contribution in [2.45, 2.75) is 248 Å². The molecule has 0 rings (SSSR count). The normalized spacial score (nSPS) is 9.67. The van der Waals surface area contributed by atoms with Crippen LogP contribution >= 0.6 is 0 Å². The van der Waals surface area contributed by atoms with Crippen molar-refractivity contribution < 1.29 is 24.2 Å². The Balaban J connectivity index is -0.000000198. The number of carbonyl (C=O) groups excluding carboxylic acids is 2. The summed E-state index contributed by atoms with van der Waals surface area (Å²) in [6, 6.07) is 0. The van der Waals surface area contributed by atoms with Crippen LogP contribution in [0.1, 0.15) is 248 Å². The third kappa shape index (κ3) is 74.9. The molecule has 48 heavy (non-hydrogen) atoms. The summed E-state index contributed by atoms with van der Waals surface area (Å²) < 4.78 is 3.97. The second kappa shape index (κ2) is 57.6. The van der Waals surface area contributed by atoms with Gasteiger partial charge in [-0.2, -0.15) is 0 Å². The van der Waals surface area contributed by atoms with Crippen LogP contribution in [0.3, 0.4) is 0 Å². The summed E-state index contributed by atoms with van der Waals surface area (Å²) in [5.74, 6) is -1.78. The Morgan fingerprint density at radius 3 is 0.875 bits per heavy atom. The molecule has 0 aliphatic carbocycles. The van der Waals surface area contributed by atoms with Crippen LogP contribution in [0.4, 0.5) is 0 Å². The summed E-state index contributed by atoms with van der Waals surface area (Å²) in [7, 11) is 0. The quantitative estimate of drug-likeness (QED) is 0.0352. The lowest BCUT2D eigenvalue weighted by Gasteiger charge is -2.03. The minimum Gasteiger partial charge on any atom is -0.481 e. The van der Waals surface area contributed by atoms with Gasteiger partial charge < -0.3 is 9.84 Å². The third-order valence-electron chi connectivity index (χ3n) is 7.79. The molecule has 0 heterocycles. The molecule has 0 saturated heterocycles. The lowest BCUT2D eigenvalue weighted by atomic mass is 10.0. The van der Waals surface area contributed by atoms with E-state index in [1.165, 1.54) is 187 Å². The topological polar surface area (TPSA) is 80.7 Å². The maximum Gasteiger partial charge on any atom is 0.310 e. The molecule has 0 aliphatic heterocycles. The van der Waals surface area contributed by atoms with Crippen molar-refractivity contribution in [3.8, 4) is 0 Å². The smallest absolute Gasteiger partial charge is 0.310 e. The van der Waals surface area contributed by atoms with Crippen LogP contribution in [0, 0.1) is 0 Å². The van der Waals surface area contributed by atoms with Crippen LogP contribution in [0.15, 0.2) is 12.7 Å². The van der Waals surface area contributed by atoms with E-state index in [0.717, 1.165) is 12.8 Å². The molecule has 0 aromatic rings. The van der Waals surface area contributed by atoms with Crippen molar-refractivity contribution in [3.63, 3.8) is 0 Å². The zero-order valence-electron chi connectivity index (χ0n) is 34.1. The van der Waals surface area contributed by atoms with Crippen molar-refractivity contribution in [2.24, 2.45) is 0 Å². The number of allylic oxidation sites excluding steroid dienone is 1. The maximum atomic E-state index is 10.3. The Morgan fingerprint density at radius 2 is 0.688 bits per heavy atom. The average Bonchev–Trinajstić information content (AvgIpc) is 3.07. The Kier molecular flexibility index (Phi) is 66.9. The highest BCUT2D eigenvalue weighted by atomic mass is 16.6. The molecule has 0 fully saturated rings.